The Labute approximate surface area is 144 Å². The summed E-state index contributed by atoms with van der Waals surface area (Å²) in [5.41, 5.74) is 1.05. The molecule has 126 valence electrons. The molecule has 2 heterocycles. The van der Waals surface area contributed by atoms with Crippen molar-refractivity contribution in [2.75, 3.05) is 26.2 Å². The van der Waals surface area contributed by atoms with E-state index in [0.717, 1.165) is 23.5 Å². The third-order valence-electron chi connectivity index (χ3n) is 4.44. The van der Waals surface area contributed by atoms with Crippen LogP contribution in [0.1, 0.15) is 28.2 Å². The standard InChI is InChI=1S/C17H19N3O3S/c1-13(14-4-2-5-15(12-14)20(22)23)18-7-9-19(10-8-18)17(21)16-6-3-11-24-16/h2-6,11-13H,7-10H2,1H3/t13-/m1/s1. The van der Waals surface area contributed by atoms with Gasteiger partial charge >= 0.3 is 0 Å². The summed E-state index contributed by atoms with van der Waals surface area (Å²) in [7, 11) is 0. The molecule has 0 bridgehead atoms. The van der Waals surface area contributed by atoms with Gasteiger partial charge in [-0.1, -0.05) is 18.2 Å². The maximum absolute atomic E-state index is 12.4. The molecule has 0 aliphatic carbocycles. The Morgan fingerprint density at radius 2 is 1.96 bits per heavy atom. The van der Waals surface area contributed by atoms with Crippen LogP contribution in [-0.2, 0) is 0 Å². The van der Waals surface area contributed by atoms with Crippen molar-refractivity contribution in [3.05, 3.63) is 62.3 Å². The van der Waals surface area contributed by atoms with Crippen LogP contribution >= 0.6 is 11.3 Å². The fraction of sp³-hybridized carbons (Fsp3) is 0.353. The minimum Gasteiger partial charge on any atom is -0.335 e. The van der Waals surface area contributed by atoms with Gasteiger partial charge < -0.3 is 4.90 Å². The molecule has 6 nitrogen and oxygen atoms in total. The van der Waals surface area contributed by atoms with Crippen molar-refractivity contribution in [2.24, 2.45) is 0 Å². The van der Waals surface area contributed by atoms with E-state index < -0.39 is 0 Å². The normalized spacial score (nSPS) is 16.8. The molecule has 2 aromatic rings. The van der Waals surface area contributed by atoms with Crippen molar-refractivity contribution >= 4 is 22.9 Å². The third kappa shape index (κ3) is 3.47. The number of amides is 1. The molecule has 1 fully saturated rings. The van der Waals surface area contributed by atoms with Crippen LogP contribution in [-0.4, -0.2) is 46.8 Å². The highest BCUT2D eigenvalue weighted by atomic mass is 32.1. The predicted octanol–water partition coefficient (Wildman–Crippen LogP) is 3.18. The molecule has 1 amide bonds. The molecule has 0 radical (unpaired) electrons. The second-order valence-corrected chi connectivity index (χ2v) is 6.78. The molecule has 24 heavy (non-hydrogen) atoms. The van der Waals surface area contributed by atoms with Crippen molar-refractivity contribution in [3.63, 3.8) is 0 Å². The molecular formula is C17H19N3O3S. The van der Waals surface area contributed by atoms with Crippen LogP contribution in [0.15, 0.2) is 41.8 Å². The van der Waals surface area contributed by atoms with Crippen molar-refractivity contribution in [1.82, 2.24) is 9.80 Å². The fourth-order valence-electron chi connectivity index (χ4n) is 2.98. The van der Waals surface area contributed by atoms with E-state index in [1.807, 2.05) is 28.5 Å². The van der Waals surface area contributed by atoms with E-state index in [-0.39, 0.29) is 22.6 Å². The number of benzene rings is 1. The number of carbonyl (C=O) groups excluding carboxylic acids is 1. The van der Waals surface area contributed by atoms with Gasteiger partial charge in [0.2, 0.25) is 0 Å². The molecule has 1 aromatic carbocycles. The SMILES string of the molecule is C[C@H](c1cccc([N+](=O)[O-])c1)N1CCN(C(=O)c2cccs2)CC1. The van der Waals surface area contributed by atoms with E-state index in [2.05, 4.69) is 11.8 Å². The Bertz CT molecular complexity index is 724. The van der Waals surface area contributed by atoms with E-state index in [1.54, 1.807) is 12.1 Å². The maximum atomic E-state index is 12.4. The summed E-state index contributed by atoms with van der Waals surface area (Å²) in [6, 6.07) is 10.6. The Kier molecular flexibility index (Phi) is 4.92. The first-order valence-corrected chi connectivity index (χ1v) is 8.75. The summed E-state index contributed by atoms with van der Waals surface area (Å²) in [6.45, 7) is 4.93. The summed E-state index contributed by atoms with van der Waals surface area (Å²) < 4.78 is 0. The van der Waals surface area contributed by atoms with Crippen molar-refractivity contribution < 1.29 is 9.72 Å². The van der Waals surface area contributed by atoms with Gasteiger partial charge in [-0.15, -0.1) is 11.3 Å². The quantitative estimate of drug-likeness (QED) is 0.630. The molecule has 0 saturated carbocycles. The number of rotatable bonds is 4. The van der Waals surface area contributed by atoms with E-state index in [9.17, 15) is 14.9 Å². The van der Waals surface area contributed by atoms with Gasteiger partial charge in [-0.3, -0.25) is 19.8 Å². The molecule has 3 rings (SSSR count). The number of piperazine rings is 1. The first-order valence-electron chi connectivity index (χ1n) is 7.87. The van der Waals surface area contributed by atoms with Crippen LogP contribution in [0.2, 0.25) is 0 Å². The van der Waals surface area contributed by atoms with Gasteiger partial charge in [-0.05, 0) is 23.9 Å². The van der Waals surface area contributed by atoms with E-state index >= 15 is 0 Å². The minimum absolute atomic E-state index is 0.0869. The highest BCUT2D eigenvalue weighted by Crippen LogP contribution is 2.25. The number of carbonyl (C=O) groups is 1. The first-order chi connectivity index (χ1) is 11.6. The van der Waals surface area contributed by atoms with Crippen LogP contribution in [0.25, 0.3) is 0 Å². The Balaban J connectivity index is 1.63. The van der Waals surface area contributed by atoms with Gasteiger partial charge in [0.25, 0.3) is 11.6 Å². The van der Waals surface area contributed by atoms with Crippen LogP contribution in [0.4, 0.5) is 5.69 Å². The van der Waals surface area contributed by atoms with E-state index in [4.69, 9.17) is 0 Å². The molecule has 1 aliphatic rings. The van der Waals surface area contributed by atoms with Crippen LogP contribution < -0.4 is 0 Å². The van der Waals surface area contributed by atoms with Gasteiger partial charge in [-0.2, -0.15) is 0 Å². The number of hydrogen-bond donors (Lipinski definition) is 0. The predicted molar refractivity (Wildman–Crippen MR) is 93.3 cm³/mol. The number of nitro benzene ring substituents is 1. The van der Waals surface area contributed by atoms with Gasteiger partial charge in [0.05, 0.1) is 9.80 Å². The highest BCUT2D eigenvalue weighted by Gasteiger charge is 2.26. The second-order valence-electron chi connectivity index (χ2n) is 5.83. The third-order valence-corrected chi connectivity index (χ3v) is 5.30. The number of thiophene rings is 1. The lowest BCUT2D eigenvalue weighted by Crippen LogP contribution is -2.49. The first kappa shape index (κ1) is 16.6. The monoisotopic (exact) mass is 345 g/mol. The zero-order valence-corrected chi connectivity index (χ0v) is 14.2. The van der Waals surface area contributed by atoms with Gasteiger partial charge in [-0.25, -0.2) is 0 Å². The maximum Gasteiger partial charge on any atom is 0.269 e. The Hall–Kier alpha value is -2.25. The molecular weight excluding hydrogens is 326 g/mol. The zero-order chi connectivity index (χ0) is 17.1. The summed E-state index contributed by atoms with van der Waals surface area (Å²) in [5.74, 6) is 0.0904. The summed E-state index contributed by atoms with van der Waals surface area (Å²) >= 11 is 1.46. The van der Waals surface area contributed by atoms with Gasteiger partial charge in [0.15, 0.2) is 0 Å². The smallest absolute Gasteiger partial charge is 0.269 e. The molecule has 0 spiro atoms. The van der Waals surface area contributed by atoms with Crippen molar-refractivity contribution in [2.45, 2.75) is 13.0 Å². The van der Waals surface area contributed by atoms with Crippen LogP contribution in [0.5, 0.6) is 0 Å². The molecule has 7 heteroatoms. The van der Waals surface area contributed by atoms with Gasteiger partial charge in [0, 0.05) is 44.4 Å². The fourth-order valence-corrected chi connectivity index (χ4v) is 3.67. The lowest BCUT2D eigenvalue weighted by molar-refractivity contribution is -0.385. The topological polar surface area (TPSA) is 66.7 Å². The average molecular weight is 345 g/mol. The zero-order valence-electron chi connectivity index (χ0n) is 13.4. The summed E-state index contributed by atoms with van der Waals surface area (Å²) in [5, 5.41) is 12.8. The van der Waals surface area contributed by atoms with Crippen molar-refractivity contribution in [1.29, 1.82) is 0 Å². The molecule has 1 aliphatic heterocycles. The lowest BCUT2D eigenvalue weighted by atomic mass is 10.1. The average Bonchev–Trinajstić information content (AvgIpc) is 3.15. The number of nitrogens with zero attached hydrogens (tertiary/aromatic N) is 3. The Morgan fingerprint density at radius 3 is 2.58 bits per heavy atom. The molecule has 0 N–H and O–H groups in total. The van der Waals surface area contributed by atoms with Crippen molar-refractivity contribution in [3.8, 4) is 0 Å². The minimum atomic E-state index is -0.367. The molecule has 1 aromatic heterocycles. The lowest BCUT2D eigenvalue weighted by Gasteiger charge is -2.38. The van der Waals surface area contributed by atoms with E-state index in [0.29, 0.717) is 13.1 Å². The van der Waals surface area contributed by atoms with Crippen LogP contribution in [0.3, 0.4) is 0 Å². The number of nitro groups is 1. The molecule has 0 unspecified atom stereocenters. The largest absolute Gasteiger partial charge is 0.335 e. The molecule has 1 saturated heterocycles. The highest BCUT2D eigenvalue weighted by molar-refractivity contribution is 7.12. The number of non-ortho nitro benzene ring substituents is 1. The van der Waals surface area contributed by atoms with E-state index in [1.165, 1.54) is 17.4 Å². The summed E-state index contributed by atoms with van der Waals surface area (Å²) in [6.07, 6.45) is 0. The van der Waals surface area contributed by atoms with Crippen LogP contribution in [0, 0.1) is 10.1 Å². The number of hydrogen-bond acceptors (Lipinski definition) is 5. The van der Waals surface area contributed by atoms with Gasteiger partial charge in [0.1, 0.15) is 0 Å². The molecule has 1 atom stereocenters. The summed E-state index contributed by atoms with van der Waals surface area (Å²) in [4.78, 5) is 27.8. The Morgan fingerprint density at radius 1 is 1.21 bits per heavy atom. The second kappa shape index (κ2) is 7.11.